The first-order valence-corrected chi connectivity index (χ1v) is 4.55. The second kappa shape index (κ2) is 3.88. The van der Waals surface area contributed by atoms with E-state index in [1.807, 2.05) is 13.8 Å². The second-order valence-corrected chi connectivity index (χ2v) is 3.51. The maximum atomic E-state index is 7.38. The summed E-state index contributed by atoms with van der Waals surface area (Å²) in [5, 5.41) is 7.99. The highest BCUT2D eigenvalue weighted by Crippen LogP contribution is 2.31. The first-order valence-electron chi connectivity index (χ1n) is 4.17. The zero-order valence-electron chi connectivity index (χ0n) is 8.44. The van der Waals surface area contributed by atoms with Crippen molar-refractivity contribution in [2.75, 3.05) is 7.11 Å². The largest absolute Gasteiger partial charge is 0.496 e. The molecule has 0 spiro atoms. The Bertz CT molecular complexity index is 388. The van der Waals surface area contributed by atoms with E-state index in [4.69, 9.17) is 27.5 Å². The zero-order chi connectivity index (χ0) is 10.9. The molecule has 0 aromatic heterocycles. The van der Waals surface area contributed by atoms with E-state index in [1.54, 1.807) is 13.2 Å². The summed E-state index contributed by atoms with van der Waals surface area (Å²) in [5.74, 6) is 0.589. The molecule has 4 heteroatoms. The van der Waals surface area contributed by atoms with Crippen molar-refractivity contribution < 1.29 is 4.74 Å². The Morgan fingerprint density at radius 1 is 1.43 bits per heavy atom. The molecule has 14 heavy (non-hydrogen) atoms. The number of halogens is 1. The average molecular weight is 213 g/mol. The van der Waals surface area contributed by atoms with Gasteiger partial charge >= 0.3 is 0 Å². The van der Waals surface area contributed by atoms with Crippen LogP contribution in [0.1, 0.15) is 16.7 Å². The first kappa shape index (κ1) is 10.9. The van der Waals surface area contributed by atoms with E-state index in [0.717, 1.165) is 11.1 Å². The van der Waals surface area contributed by atoms with Crippen LogP contribution in [0.3, 0.4) is 0 Å². The summed E-state index contributed by atoms with van der Waals surface area (Å²) in [4.78, 5) is 0. The zero-order valence-corrected chi connectivity index (χ0v) is 9.20. The molecule has 0 aliphatic rings. The van der Waals surface area contributed by atoms with Gasteiger partial charge in [0, 0.05) is 5.02 Å². The third-order valence-corrected chi connectivity index (χ3v) is 2.66. The van der Waals surface area contributed by atoms with Gasteiger partial charge in [-0.3, -0.25) is 5.41 Å². The number of rotatable bonds is 2. The minimum atomic E-state index is -0.0353. The van der Waals surface area contributed by atoms with Crippen molar-refractivity contribution in [3.63, 3.8) is 0 Å². The van der Waals surface area contributed by atoms with E-state index in [-0.39, 0.29) is 5.84 Å². The number of hydrogen-bond acceptors (Lipinski definition) is 2. The normalized spacial score (nSPS) is 10.0. The van der Waals surface area contributed by atoms with Crippen LogP contribution < -0.4 is 10.5 Å². The number of nitrogens with two attached hydrogens (primary N) is 1. The van der Waals surface area contributed by atoms with Crippen LogP contribution in [0.4, 0.5) is 0 Å². The van der Waals surface area contributed by atoms with Crippen molar-refractivity contribution in [2.45, 2.75) is 13.8 Å². The number of nitrogens with one attached hydrogen (secondary N) is 1. The van der Waals surface area contributed by atoms with Gasteiger partial charge < -0.3 is 10.5 Å². The average Bonchev–Trinajstić information content (AvgIpc) is 2.13. The fraction of sp³-hybridized carbons (Fsp3) is 0.300. The van der Waals surface area contributed by atoms with Crippen molar-refractivity contribution in [1.29, 1.82) is 5.41 Å². The minimum Gasteiger partial charge on any atom is -0.496 e. The van der Waals surface area contributed by atoms with Crippen molar-refractivity contribution in [2.24, 2.45) is 5.73 Å². The smallest absolute Gasteiger partial charge is 0.133 e. The molecule has 1 aromatic carbocycles. The molecule has 0 unspecified atom stereocenters. The summed E-state index contributed by atoms with van der Waals surface area (Å²) in [5.41, 5.74) is 7.84. The van der Waals surface area contributed by atoms with Crippen molar-refractivity contribution in [3.8, 4) is 5.75 Å². The van der Waals surface area contributed by atoms with Gasteiger partial charge in [0.05, 0.1) is 12.7 Å². The van der Waals surface area contributed by atoms with Crippen LogP contribution in [0.5, 0.6) is 5.75 Å². The lowest BCUT2D eigenvalue weighted by molar-refractivity contribution is 0.410. The van der Waals surface area contributed by atoms with Crippen LogP contribution in [0.25, 0.3) is 0 Å². The minimum absolute atomic E-state index is 0.0353. The molecule has 76 valence electrons. The van der Waals surface area contributed by atoms with Crippen molar-refractivity contribution in [3.05, 3.63) is 27.8 Å². The highest BCUT2D eigenvalue weighted by atomic mass is 35.5. The summed E-state index contributed by atoms with van der Waals surface area (Å²) in [6.45, 7) is 3.80. The molecule has 0 fully saturated rings. The van der Waals surface area contributed by atoms with Gasteiger partial charge in [-0.1, -0.05) is 11.6 Å². The van der Waals surface area contributed by atoms with E-state index in [2.05, 4.69) is 0 Å². The summed E-state index contributed by atoms with van der Waals surface area (Å²) in [6.07, 6.45) is 0. The summed E-state index contributed by atoms with van der Waals surface area (Å²) in [7, 11) is 1.56. The molecule has 0 aliphatic heterocycles. The molecule has 0 atom stereocenters. The van der Waals surface area contributed by atoms with Crippen LogP contribution >= 0.6 is 11.6 Å². The van der Waals surface area contributed by atoms with Crippen LogP contribution in [0, 0.1) is 19.3 Å². The van der Waals surface area contributed by atoms with Gasteiger partial charge in [-0.25, -0.2) is 0 Å². The molecule has 1 rings (SSSR count). The Balaban J connectivity index is 3.51. The Kier molecular flexibility index (Phi) is 3.01. The molecule has 3 N–H and O–H groups in total. The van der Waals surface area contributed by atoms with Crippen LogP contribution in [0.2, 0.25) is 5.02 Å². The van der Waals surface area contributed by atoms with E-state index in [0.29, 0.717) is 16.3 Å². The lowest BCUT2D eigenvalue weighted by atomic mass is 10.0. The van der Waals surface area contributed by atoms with Crippen LogP contribution in [-0.2, 0) is 0 Å². The maximum Gasteiger partial charge on any atom is 0.133 e. The fourth-order valence-corrected chi connectivity index (χ4v) is 1.57. The molecule has 0 saturated heterocycles. The molecule has 0 radical (unpaired) electrons. The molecule has 0 bridgehead atoms. The predicted molar refractivity (Wildman–Crippen MR) is 58.5 cm³/mol. The highest BCUT2D eigenvalue weighted by molar-refractivity contribution is 6.32. The van der Waals surface area contributed by atoms with Gasteiger partial charge in [0.15, 0.2) is 0 Å². The number of amidine groups is 1. The quantitative estimate of drug-likeness (QED) is 0.584. The Morgan fingerprint density at radius 3 is 2.43 bits per heavy atom. The predicted octanol–water partition coefficient (Wildman–Crippen LogP) is 2.25. The molecule has 1 aromatic rings. The standard InChI is InChI=1S/C10H13ClN2O/c1-5-6(2)9(14-3)7(10(12)13)4-8(5)11/h4H,1-3H3,(H3,12,13). The lowest BCUT2D eigenvalue weighted by Gasteiger charge is -2.13. The lowest BCUT2D eigenvalue weighted by Crippen LogP contribution is -2.13. The van der Waals surface area contributed by atoms with Gasteiger partial charge in [-0.15, -0.1) is 0 Å². The SMILES string of the molecule is COc1c(C(=N)N)cc(Cl)c(C)c1C. The number of methoxy groups -OCH3 is 1. The number of ether oxygens (including phenoxy) is 1. The van der Waals surface area contributed by atoms with Gasteiger partial charge in [0.2, 0.25) is 0 Å². The van der Waals surface area contributed by atoms with Crippen molar-refractivity contribution in [1.82, 2.24) is 0 Å². The van der Waals surface area contributed by atoms with Gasteiger partial charge in [0.25, 0.3) is 0 Å². The third-order valence-electron chi connectivity index (χ3n) is 2.27. The summed E-state index contributed by atoms with van der Waals surface area (Å²) >= 11 is 5.98. The molecular weight excluding hydrogens is 200 g/mol. The monoisotopic (exact) mass is 212 g/mol. The van der Waals surface area contributed by atoms with E-state index < -0.39 is 0 Å². The molecule has 0 aliphatic carbocycles. The van der Waals surface area contributed by atoms with Gasteiger partial charge in [0.1, 0.15) is 11.6 Å². The number of nitrogen functional groups attached to an aromatic ring is 1. The molecule has 0 amide bonds. The van der Waals surface area contributed by atoms with Gasteiger partial charge in [-0.05, 0) is 31.0 Å². The maximum absolute atomic E-state index is 7.38. The summed E-state index contributed by atoms with van der Waals surface area (Å²) < 4.78 is 5.19. The van der Waals surface area contributed by atoms with E-state index in [9.17, 15) is 0 Å². The second-order valence-electron chi connectivity index (χ2n) is 3.10. The number of benzene rings is 1. The third kappa shape index (κ3) is 1.68. The number of hydrogen-bond donors (Lipinski definition) is 2. The molecular formula is C10H13ClN2O. The Hall–Kier alpha value is -1.22. The Labute approximate surface area is 88.3 Å². The molecule has 3 nitrogen and oxygen atoms in total. The highest BCUT2D eigenvalue weighted by Gasteiger charge is 2.13. The Morgan fingerprint density at radius 2 is 2.00 bits per heavy atom. The van der Waals surface area contributed by atoms with E-state index in [1.165, 1.54) is 0 Å². The van der Waals surface area contributed by atoms with E-state index >= 15 is 0 Å². The van der Waals surface area contributed by atoms with Gasteiger partial charge in [-0.2, -0.15) is 0 Å². The van der Waals surface area contributed by atoms with Crippen LogP contribution in [-0.4, -0.2) is 12.9 Å². The first-order chi connectivity index (χ1) is 6.49. The topological polar surface area (TPSA) is 59.1 Å². The summed E-state index contributed by atoms with van der Waals surface area (Å²) in [6, 6.07) is 1.66. The molecule has 0 saturated carbocycles. The molecule has 0 heterocycles. The van der Waals surface area contributed by atoms with Crippen LogP contribution in [0.15, 0.2) is 6.07 Å². The fourth-order valence-electron chi connectivity index (χ4n) is 1.32. The van der Waals surface area contributed by atoms with Crippen molar-refractivity contribution >= 4 is 17.4 Å².